The van der Waals surface area contributed by atoms with Gasteiger partial charge in [-0.25, -0.2) is 4.79 Å². The van der Waals surface area contributed by atoms with E-state index in [4.69, 9.17) is 9.84 Å². The number of hydrogen-bond donors (Lipinski definition) is 3. The molecule has 2 amide bonds. The van der Waals surface area contributed by atoms with Gasteiger partial charge in [-0.1, -0.05) is 62.4 Å². The van der Waals surface area contributed by atoms with Crippen molar-refractivity contribution in [3.8, 4) is 11.1 Å². The molecule has 0 radical (unpaired) electrons. The van der Waals surface area contributed by atoms with Crippen molar-refractivity contribution in [1.29, 1.82) is 0 Å². The summed E-state index contributed by atoms with van der Waals surface area (Å²) in [6.07, 6.45) is 1.19. The normalized spacial score (nSPS) is 13.9. The topological polar surface area (TPSA) is 105 Å². The zero-order valence-electron chi connectivity index (χ0n) is 19.9. The number of nitrogens with one attached hydrogen (secondary N) is 2. The Kier molecular flexibility index (Phi) is 9.08. The van der Waals surface area contributed by atoms with Crippen molar-refractivity contribution in [3.05, 3.63) is 59.7 Å². The predicted molar refractivity (Wildman–Crippen MR) is 131 cm³/mol. The number of carboxylic acids is 1. The number of carboxylic acid groups (broad SMARTS) is 1. The number of hydrogen-bond acceptors (Lipinski definition) is 4. The SMILES string of the molecule is CC(CCC(=O)O)CNC(=O)CCC(C)CNC(=O)OCC1c2ccccc2-c2ccccc21. The van der Waals surface area contributed by atoms with Gasteiger partial charge in [0.05, 0.1) is 0 Å². The Bertz CT molecular complexity index is 961. The van der Waals surface area contributed by atoms with Crippen LogP contribution in [0.1, 0.15) is 56.6 Å². The second-order valence-electron chi connectivity index (χ2n) is 9.19. The van der Waals surface area contributed by atoms with Crippen LogP contribution in [0.15, 0.2) is 48.5 Å². The summed E-state index contributed by atoms with van der Waals surface area (Å²) in [5, 5.41) is 14.4. The molecule has 0 saturated heterocycles. The van der Waals surface area contributed by atoms with Crippen LogP contribution in [0.4, 0.5) is 4.79 Å². The Hall–Kier alpha value is -3.35. The summed E-state index contributed by atoms with van der Waals surface area (Å²) >= 11 is 0. The first-order chi connectivity index (χ1) is 16.3. The van der Waals surface area contributed by atoms with Gasteiger partial charge >= 0.3 is 12.1 Å². The average molecular weight is 467 g/mol. The minimum atomic E-state index is -0.823. The van der Waals surface area contributed by atoms with E-state index in [1.165, 1.54) is 22.3 Å². The third kappa shape index (κ3) is 7.07. The Morgan fingerprint density at radius 2 is 1.38 bits per heavy atom. The van der Waals surface area contributed by atoms with Crippen LogP contribution in [0.25, 0.3) is 11.1 Å². The molecule has 1 aliphatic carbocycles. The van der Waals surface area contributed by atoms with Crippen molar-refractivity contribution in [2.75, 3.05) is 19.7 Å². The number of aliphatic carboxylic acids is 1. The molecule has 182 valence electrons. The van der Waals surface area contributed by atoms with Crippen molar-refractivity contribution in [2.45, 2.75) is 45.4 Å². The summed E-state index contributed by atoms with van der Waals surface area (Å²) in [7, 11) is 0. The van der Waals surface area contributed by atoms with Crippen molar-refractivity contribution >= 4 is 18.0 Å². The fraction of sp³-hybridized carbons (Fsp3) is 0.444. The summed E-state index contributed by atoms with van der Waals surface area (Å²) in [5.74, 6) is -0.619. The van der Waals surface area contributed by atoms with E-state index in [9.17, 15) is 14.4 Å². The minimum Gasteiger partial charge on any atom is -0.481 e. The number of carbonyl (C=O) groups is 3. The number of fused-ring (bicyclic) bond motifs is 3. The van der Waals surface area contributed by atoms with Gasteiger partial charge in [-0.05, 0) is 46.9 Å². The van der Waals surface area contributed by atoms with E-state index in [0.29, 0.717) is 32.4 Å². The van der Waals surface area contributed by atoms with Crippen molar-refractivity contribution in [2.24, 2.45) is 11.8 Å². The highest BCUT2D eigenvalue weighted by molar-refractivity contribution is 5.79. The maximum Gasteiger partial charge on any atom is 0.407 e. The van der Waals surface area contributed by atoms with E-state index >= 15 is 0 Å². The maximum absolute atomic E-state index is 12.3. The van der Waals surface area contributed by atoms with Crippen LogP contribution in [0.5, 0.6) is 0 Å². The molecule has 1 aliphatic rings. The van der Waals surface area contributed by atoms with Gasteiger partial charge < -0.3 is 20.5 Å². The molecule has 0 bridgehead atoms. The van der Waals surface area contributed by atoms with Crippen LogP contribution < -0.4 is 10.6 Å². The lowest BCUT2D eigenvalue weighted by atomic mass is 9.98. The number of amides is 2. The first kappa shape index (κ1) is 25.3. The highest BCUT2D eigenvalue weighted by Gasteiger charge is 2.29. The molecular formula is C27H34N2O5. The molecule has 34 heavy (non-hydrogen) atoms. The van der Waals surface area contributed by atoms with E-state index in [-0.39, 0.29) is 36.7 Å². The van der Waals surface area contributed by atoms with Gasteiger partial charge in [0.15, 0.2) is 0 Å². The molecule has 0 fully saturated rings. The van der Waals surface area contributed by atoms with Gasteiger partial charge in [0, 0.05) is 31.8 Å². The third-order valence-electron chi connectivity index (χ3n) is 6.30. The highest BCUT2D eigenvalue weighted by atomic mass is 16.5. The highest BCUT2D eigenvalue weighted by Crippen LogP contribution is 2.44. The quantitative estimate of drug-likeness (QED) is 0.425. The zero-order chi connectivity index (χ0) is 24.5. The first-order valence-electron chi connectivity index (χ1n) is 11.9. The molecule has 0 spiro atoms. The largest absolute Gasteiger partial charge is 0.481 e. The number of rotatable bonds is 12. The summed E-state index contributed by atoms with van der Waals surface area (Å²) in [4.78, 5) is 34.9. The predicted octanol–water partition coefficient (Wildman–Crippen LogP) is 4.56. The molecule has 2 aromatic rings. The van der Waals surface area contributed by atoms with Crippen LogP contribution in [0.2, 0.25) is 0 Å². The summed E-state index contributed by atoms with van der Waals surface area (Å²) in [6, 6.07) is 16.4. The van der Waals surface area contributed by atoms with Gasteiger partial charge in [-0.3, -0.25) is 9.59 Å². The van der Waals surface area contributed by atoms with Crippen molar-refractivity contribution in [3.63, 3.8) is 0 Å². The minimum absolute atomic E-state index is 0.0251. The third-order valence-corrected chi connectivity index (χ3v) is 6.30. The lowest BCUT2D eigenvalue weighted by Gasteiger charge is -2.16. The Labute approximate surface area is 200 Å². The summed E-state index contributed by atoms with van der Waals surface area (Å²) in [6.45, 7) is 5.07. The maximum atomic E-state index is 12.3. The number of ether oxygens (including phenoxy) is 1. The molecule has 0 saturated carbocycles. The molecule has 7 heteroatoms. The Morgan fingerprint density at radius 3 is 1.97 bits per heavy atom. The van der Waals surface area contributed by atoms with E-state index in [1.807, 2.05) is 38.1 Å². The summed E-state index contributed by atoms with van der Waals surface area (Å²) in [5.41, 5.74) is 4.73. The first-order valence-corrected chi connectivity index (χ1v) is 11.9. The van der Waals surface area contributed by atoms with Gasteiger partial charge in [0.25, 0.3) is 0 Å². The van der Waals surface area contributed by atoms with Crippen molar-refractivity contribution < 1.29 is 24.2 Å². The second-order valence-corrected chi connectivity index (χ2v) is 9.19. The standard InChI is InChI=1S/C27H34N2O5/c1-18(11-13-25(30)28-15-19(2)12-14-26(31)32)16-29-27(33)34-17-24-22-9-5-3-7-20(22)21-8-4-6-10-23(21)24/h3-10,18-19,24H,11-17H2,1-2H3,(H,28,30)(H,29,33)(H,31,32). The molecule has 2 aromatic carbocycles. The van der Waals surface area contributed by atoms with Gasteiger partial charge in [0.1, 0.15) is 6.61 Å². The molecule has 0 aliphatic heterocycles. The fourth-order valence-electron chi connectivity index (χ4n) is 4.23. The van der Waals surface area contributed by atoms with Crippen LogP contribution in [0, 0.1) is 11.8 Å². The van der Waals surface area contributed by atoms with Gasteiger partial charge in [0.2, 0.25) is 5.91 Å². The number of benzene rings is 2. The smallest absolute Gasteiger partial charge is 0.407 e. The molecule has 7 nitrogen and oxygen atoms in total. The fourth-order valence-corrected chi connectivity index (χ4v) is 4.23. The van der Waals surface area contributed by atoms with E-state index < -0.39 is 12.1 Å². The average Bonchev–Trinajstić information content (AvgIpc) is 3.16. The van der Waals surface area contributed by atoms with E-state index in [0.717, 1.165) is 0 Å². The molecule has 0 heterocycles. The lowest BCUT2D eigenvalue weighted by Crippen LogP contribution is -2.31. The van der Waals surface area contributed by atoms with Gasteiger partial charge in [-0.15, -0.1) is 0 Å². The van der Waals surface area contributed by atoms with E-state index in [1.54, 1.807) is 0 Å². The van der Waals surface area contributed by atoms with Crippen LogP contribution in [0.3, 0.4) is 0 Å². The lowest BCUT2D eigenvalue weighted by molar-refractivity contribution is -0.137. The monoisotopic (exact) mass is 466 g/mol. The van der Waals surface area contributed by atoms with Crippen LogP contribution in [-0.4, -0.2) is 42.8 Å². The molecule has 2 atom stereocenters. The molecule has 0 aromatic heterocycles. The Balaban J connectivity index is 1.35. The molecular weight excluding hydrogens is 432 g/mol. The molecule has 3 rings (SSSR count). The second kappa shape index (κ2) is 12.2. The molecule has 3 N–H and O–H groups in total. The number of alkyl carbamates (subject to hydrolysis) is 1. The molecule has 2 unspecified atom stereocenters. The van der Waals surface area contributed by atoms with Crippen LogP contribution >= 0.6 is 0 Å². The van der Waals surface area contributed by atoms with Crippen molar-refractivity contribution in [1.82, 2.24) is 10.6 Å². The van der Waals surface area contributed by atoms with Gasteiger partial charge in [-0.2, -0.15) is 0 Å². The van der Waals surface area contributed by atoms with E-state index in [2.05, 4.69) is 34.9 Å². The number of carbonyl (C=O) groups excluding carboxylic acids is 2. The Morgan fingerprint density at radius 1 is 0.853 bits per heavy atom. The summed E-state index contributed by atoms with van der Waals surface area (Å²) < 4.78 is 5.55. The zero-order valence-corrected chi connectivity index (χ0v) is 19.9. The van der Waals surface area contributed by atoms with Crippen LogP contribution in [-0.2, 0) is 14.3 Å².